The fourth-order valence-corrected chi connectivity index (χ4v) is 6.09. The predicted octanol–water partition coefficient (Wildman–Crippen LogP) is 9.40. The lowest BCUT2D eigenvalue weighted by Gasteiger charge is -2.30. The molecule has 0 saturated heterocycles. The Bertz CT molecular complexity index is 1460. The standard InChI is InChI=1S/C42H48N10/c43-25-1-7-31-49(32-8-2-26-44)37-13-19-40(20-14-37)52(41-21-15-38(16-22-41)50(33-9-3-27-45)34-10-4-28-46)42-23-17-39(18-24-42)51(35-11-5-29-47)36-12-6-30-48/h13-24H,1-12,31-36H2. The molecule has 0 heterocycles. The first kappa shape index (κ1) is 40.2. The van der Waals surface area contributed by atoms with Crippen LogP contribution < -0.4 is 19.6 Å². The molecule has 0 bridgehead atoms. The molecule has 0 saturated carbocycles. The van der Waals surface area contributed by atoms with Gasteiger partial charge in [0.25, 0.3) is 0 Å². The summed E-state index contributed by atoms with van der Waals surface area (Å²) in [7, 11) is 0. The van der Waals surface area contributed by atoms with Gasteiger partial charge in [-0.05, 0) is 111 Å². The maximum absolute atomic E-state index is 9.10. The van der Waals surface area contributed by atoms with Crippen LogP contribution in [0.2, 0.25) is 0 Å². The first-order valence-corrected chi connectivity index (χ1v) is 18.2. The highest BCUT2D eigenvalue weighted by molar-refractivity contribution is 5.79. The second-order valence-electron chi connectivity index (χ2n) is 12.4. The molecule has 0 unspecified atom stereocenters. The summed E-state index contributed by atoms with van der Waals surface area (Å²) < 4.78 is 0. The number of hydrogen-bond acceptors (Lipinski definition) is 10. The first-order chi connectivity index (χ1) is 25.6. The molecule has 266 valence electrons. The zero-order valence-corrected chi connectivity index (χ0v) is 30.1. The minimum Gasteiger partial charge on any atom is -0.371 e. The molecule has 0 aliphatic rings. The third kappa shape index (κ3) is 13.3. The van der Waals surface area contributed by atoms with Crippen molar-refractivity contribution < 1.29 is 0 Å². The molecule has 3 aromatic carbocycles. The van der Waals surface area contributed by atoms with E-state index in [0.29, 0.717) is 38.5 Å². The number of nitriles is 6. The van der Waals surface area contributed by atoms with E-state index in [9.17, 15) is 0 Å². The lowest BCUT2D eigenvalue weighted by Crippen LogP contribution is -2.26. The van der Waals surface area contributed by atoms with E-state index in [1.54, 1.807) is 0 Å². The summed E-state index contributed by atoms with van der Waals surface area (Å²) in [5.41, 5.74) is 6.04. The van der Waals surface area contributed by atoms with Gasteiger partial charge < -0.3 is 19.6 Å². The molecule has 0 spiro atoms. The van der Waals surface area contributed by atoms with Gasteiger partial charge in [0.2, 0.25) is 0 Å². The fraction of sp³-hybridized carbons (Fsp3) is 0.429. The Kier molecular flexibility index (Phi) is 18.6. The monoisotopic (exact) mass is 692 g/mol. The lowest BCUT2D eigenvalue weighted by atomic mass is 10.1. The normalized spacial score (nSPS) is 10.0. The summed E-state index contributed by atoms with van der Waals surface area (Å²) in [5, 5.41) is 54.6. The number of hydrogen-bond donors (Lipinski definition) is 0. The molecular weight excluding hydrogens is 645 g/mol. The maximum Gasteiger partial charge on any atom is 0.0622 e. The van der Waals surface area contributed by atoms with Gasteiger partial charge in [-0.25, -0.2) is 0 Å². The molecule has 0 N–H and O–H groups in total. The van der Waals surface area contributed by atoms with Crippen LogP contribution in [0.4, 0.5) is 34.1 Å². The number of nitrogens with zero attached hydrogens (tertiary/aromatic N) is 10. The summed E-state index contributed by atoms with van der Waals surface area (Å²) in [6, 6.07) is 38.6. The molecule has 3 rings (SSSR count). The van der Waals surface area contributed by atoms with E-state index in [4.69, 9.17) is 31.6 Å². The van der Waals surface area contributed by atoms with Gasteiger partial charge in [0.1, 0.15) is 0 Å². The Morgan fingerprint density at radius 3 is 0.635 bits per heavy atom. The highest BCUT2D eigenvalue weighted by Gasteiger charge is 2.16. The molecule has 0 atom stereocenters. The average molecular weight is 693 g/mol. The van der Waals surface area contributed by atoms with Crippen LogP contribution >= 0.6 is 0 Å². The Morgan fingerprint density at radius 1 is 0.288 bits per heavy atom. The Morgan fingerprint density at radius 2 is 0.462 bits per heavy atom. The topological polar surface area (TPSA) is 156 Å². The highest BCUT2D eigenvalue weighted by atomic mass is 15.2. The largest absolute Gasteiger partial charge is 0.371 e. The van der Waals surface area contributed by atoms with Crippen molar-refractivity contribution in [2.75, 3.05) is 58.9 Å². The number of anilines is 6. The maximum atomic E-state index is 9.10. The zero-order chi connectivity index (χ0) is 37.2. The molecule has 3 aromatic rings. The van der Waals surface area contributed by atoms with E-state index in [1.165, 1.54) is 0 Å². The van der Waals surface area contributed by atoms with Crippen molar-refractivity contribution in [3.05, 3.63) is 72.8 Å². The van der Waals surface area contributed by atoms with E-state index < -0.39 is 0 Å². The van der Waals surface area contributed by atoms with E-state index in [1.807, 2.05) is 0 Å². The van der Waals surface area contributed by atoms with Gasteiger partial charge in [0.15, 0.2) is 0 Å². The second-order valence-corrected chi connectivity index (χ2v) is 12.4. The molecule has 52 heavy (non-hydrogen) atoms. The van der Waals surface area contributed by atoms with Gasteiger partial charge in [-0.1, -0.05) is 0 Å². The third-order valence-corrected chi connectivity index (χ3v) is 8.72. The number of rotatable bonds is 24. The molecule has 0 aliphatic carbocycles. The van der Waals surface area contributed by atoms with Gasteiger partial charge >= 0.3 is 0 Å². The molecular formula is C42H48N10. The minimum absolute atomic E-state index is 0.481. The van der Waals surface area contributed by atoms with Gasteiger partial charge in [0.05, 0.1) is 36.4 Å². The molecule has 10 nitrogen and oxygen atoms in total. The second kappa shape index (κ2) is 24.0. The molecule has 0 aromatic heterocycles. The smallest absolute Gasteiger partial charge is 0.0622 e. The fourth-order valence-electron chi connectivity index (χ4n) is 6.09. The molecule has 0 amide bonds. The van der Waals surface area contributed by atoms with E-state index in [-0.39, 0.29) is 0 Å². The van der Waals surface area contributed by atoms with Crippen molar-refractivity contribution >= 4 is 34.1 Å². The summed E-state index contributed by atoms with van der Waals surface area (Å²) in [6.45, 7) is 4.44. The van der Waals surface area contributed by atoms with Crippen molar-refractivity contribution in [3.63, 3.8) is 0 Å². The molecule has 0 fully saturated rings. The van der Waals surface area contributed by atoms with Gasteiger partial charge in [-0.2, -0.15) is 31.6 Å². The van der Waals surface area contributed by atoms with Crippen LogP contribution in [0.5, 0.6) is 0 Å². The van der Waals surface area contributed by atoms with Crippen LogP contribution in [0.3, 0.4) is 0 Å². The quantitative estimate of drug-likeness (QED) is 0.0829. The zero-order valence-electron chi connectivity index (χ0n) is 30.1. The van der Waals surface area contributed by atoms with E-state index in [0.717, 1.165) is 112 Å². The van der Waals surface area contributed by atoms with E-state index in [2.05, 4.69) is 129 Å². The van der Waals surface area contributed by atoms with Crippen LogP contribution in [0.25, 0.3) is 0 Å². The van der Waals surface area contributed by atoms with Crippen molar-refractivity contribution in [1.82, 2.24) is 0 Å². The number of benzene rings is 3. The average Bonchev–Trinajstić information content (AvgIpc) is 3.17. The van der Waals surface area contributed by atoms with Crippen molar-refractivity contribution in [2.45, 2.75) is 77.0 Å². The summed E-state index contributed by atoms with van der Waals surface area (Å²) in [5.74, 6) is 0. The van der Waals surface area contributed by atoms with Crippen LogP contribution in [0, 0.1) is 68.0 Å². The van der Waals surface area contributed by atoms with E-state index >= 15 is 0 Å². The number of unbranched alkanes of at least 4 members (excludes halogenated alkanes) is 6. The van der Waals surface area contributed by atoms with Crippen LogP contribution in [-0.2, 0) is 0 Å². The minimum atomic E-state index is 0.481. The Balaban J connectivity index is 2.00. The van der Waals surface area contributed by atoms with Crippen LogP contribution in [0.1, 0.15) is 77.0 Å². The third-order valence-electron chi connectivity index (χ3n) is 8.72. The van der Waals surface area contributed by atoms with Crippen molar-refractivity contribution in [1.29, 1.82) is 31.6 Å². The summed E-state index contributed by atoms with van der Waals surface area (Å²) in [4.78, 5) is 8.94. The van der Waals surface area contributed by atoms with Crippen molar-refractivity contribution in [3.8, 4) is 36.4 Å². The Hall–Kier alpha value is -6.20. The first-order valence-electron chi connectivity index (χ1n) is 18.2. The summed E-state index contributed by atoms with van der Waals surface area (Å²) in [6.07, 6.45) is 7.41. The molecule has 0 aliphatic heterocycles. The van der Waals surface area contributed by atoms with Crippen LogP contribution in [0.15, 0.2) is 72.8 Å². The predicted molar refractivity (Wildman–Crippen MR) is 207 cm³/mol. The van der Waals surface area contributed by atoms with Crippen LogP contribution in [-0.4, -0.2) is 39.3 Å². The SMILES string of the molecule is N#CCCCN(CCCC#N)c1ccc(N(c2ccc(N(CCCC#N)CCCC#N)cc2)c2ccc(N(CCCC#N)CCCC#N)cc2)cc1. The van der Waals surface area contributed by atoms with Crippen molar-refractivity contribution in [2.24, 2.45) is 0 Å². The Labute approximate surface area is 310 Å². The highest BCUT2D eigenvalue weighted by Crippen LogP contribution is 2.37. The lowest BCUT2D eigenvalue weighted by molar-refractivity contribution is 0.708. The molecule has 0 radical (unpaired) electrons. The summed E-state index contributed by atoms with van der Waals surface area (Å²) >= 11 is 0. The van der Waals surface area contributed by atoms with Gasteiger partial charge in [0, 0.05) is 112 Å². The van der Waals surface area contributed by atoms with Gasteiger partial charge in [-0.15, -0.1) is 0 Å². The van der Waals surface area contributed by atoms with Gasteiger partial charge in [-0.3, -0.25) is 0 Å². The molecule has 10 heteroatoms.